The van der Waals surface area contributed by atoms with E-state index in [0.717, 1.165) is 0 Å². The molecule has 38 heavy (non-hydrogen) atoms. The van der Waals surface area contributed by atoms with Crippen LogP contribution in [-0.2, 0) is 88.1 Å². The molecule has 1 saturated heterocycles. The third-order valence-corrected chi connectivity index (χ3v) is 2.92. The third kappa shape index (κ3) is 39.9. The van der Waals surface area contributed by atoms with Gasteiger partial charge in [0.15, 0.2) is 0 Å². The molecule has 1 aliphatic heterocycles. The fourth-order valence-electron chi connectivity index (χ4n) is 1.65. The Balaban J connectivity index is 0. The summed E-state index contributed by atoms with van der Waals surface area (Å²) in [5.41, 5.74) is 0. The topological polar surface area (TPSA) is 142 Å². The summed E-state index contributed by atoms with van der Waals surface area (Å²) in [4.78, 5) is 45.4. The van der Waals surface area contributed by atoms with Crippen molar-refractivity contribution in [3.05, 3.63) is 0 Å². The first-order valence-electron chi connectivity index (χ1n) is 10.1. The summed E-state index contributed by atoms with van der Waals surface area (Å²) >= 11 is -6.58. The molecule has 0 radical (unpaired) electrons. The van der Waals surface area contributed by atoms with Gasteiger partial charge in [-0.2, -0.15) is 0 Å². The molecule has 0 aromatic carbocycles. The van der Waals surface area contributed by atoms with E-state index in [9.17, 15) is 19.2 Å². The Kier molecular flexibility index (Phi) is 29.2. The summed E-state index contributed by atoms with van der Waals surface area (Å²) in [5, 5.41) is 0. The molecule has 0 aliphatic carbocycles. The number of rotatable bonds is 0. The molecule has 0 bridgehead atoms. The number of cyclic esters (lactones) is 4. The van der Waals surface area contributed by atoms with Crippen LogP contribution in [0.25, 0.3) is 0 Å². The van der Waals surface area contributed by atoms with Crippen LogP contribution >= 0.6 is 68.1 Å². The maximum absolute atomic E-state index is 11.4. The van der Waals surface area contributed by atoms with Gasteiger partial charge in [-0.25, -0.2) is 19.2 Å². The van der Waals surface area contributed by atoms with E-state index in [4.69, 9.17) is 87.1 Å². The van der Waals surface area contributed by atoms with Crippen LogP contribution in [0.5, 0.6) is 0 Å². The zero-order valence-corrected chi connectivity index (χ0v) is 30.4. The molecule has 0 unspecified atom stereocenters. The summed E-state index contributed by atoms with van der Waals surface area (Å²) in [7, 11) is 40.3. The Morgan fingerprint density at radius 2 is 0.474 bits per heavy atom. The van der Waals surface area contributed by atoms with Crippen LogP contribution < -0.4 is 0 Å². The standard InChI is InChI=1S/C16H24O12.8ClH.2Zr/c17-13-14(18)27-11-7-23-3-4-24-8-12-28-16(20)15(19)26-10-6-22-2-1-21-5-9-25-13;;;;;;;;;;/h1-12H2;8*1H;;/q;;;;;;;;;2*+4/p-8. The van der Waals surface area contributed by atoms with E-state index >= 15 is 0 Å². The van der Waals surface area contributed by atoms with Gasteiger partial charge in [0.2, 0.25) is 0 Å². The van der Waals surface area contributed by atoms with Gasteiger partial charge in [-0.3, -0.25) is 0 Å². The van der Waals surface area contributed by atoms with Gasteiger partial charge in [-0.1, -0.05) is 0 Å². The van der Waals surface area contributed by atoms with Gasteiger partial charge in [0.1, 0.15) is 26.4 Å². The van der Waals surface area contributed by atoms with E-state index in [-0.39, 0.29) is 79.3 Å². The van der Waals surface area contributed by atoms with Crippen molar-refractivity contribution in [2.24, 2.45) is 0 Å². The molecular formula is C16H24Cl8O12Zr2. The van der Waals surface area contributed by atoms with E-state index in [1.165, 1.54) is 0 Å². The molecule has 12 nitrogen and oxygen atoms in total. The number of hydrogen-bond donors (Lipinski definition) is 0. The van der Waals surface area contributed by atoms with Gasteiger partial charge in [-0.15, -0.1) is 0 Å². The van der Waals surface area contributed by atoms with Crippen LogP contribution in [0.2, 0.25) is 0 Å². The van der Waals surface area contributed by atoms with Gasteiger partial charge in [0.25, 0.3) is 0 Å². The molecule has 0 N–H and O–H groups in total. The van der Waals surface area contributed by atoms with Crippen molar-refractivity contribution >= 4 is 92.0 Å². The van der Waals surface area contributed by atoms with Crippen molar-refractivity contribution in [2.75, 3.05) is 79.3 Å². The van der Waals surface area contributed by atoms with Gasteiger partial charge in [0, 0.05) is 0 Å². The van der Waals surface area contributed by atoms with Crippen molar-refractivity contribution < 1.29 is 88.1 Å². The van der Waals surface area contributed by atoms with Gasteiger partial charge < -0.3 is 37.9 Å². The van der Waals surface area contributed by atoms with Crippen LogP contribution in [-0.4, -0.2) is 103 Å². The fourth-order valence-corrected chi connectivity index (χ4v) is 1.65. The molecule has 0 spiro atoms. The normalized spacial score (nSPS) is 18.9. The van der Waals surface area contributed by atoms with Gasteiger partial charge in [-0.05, 0) is 0 Å². The van der Waals surface area contributed by atoms with Crippen molar-refractivity contribution in [1.82, 2.24) is 0 Å². The molecule has 1 rings (SSSR count). The average molecular weight is 874 g/mol. The molecule has 1 aliphatic rings. The Morgan fingerprint density at radius 1 is 0.342 bits per heavy atom. The molecule has 22 heteroatoms. The first-order chi connectivity index (χ1) is 17.6. The number of carbonyl (C=O) groups is 4. The van der Waals surface area contributed by atoms with Crippen molar-refractivity contribution in [1.29, 1.82) is 0 Å². The molecule has 0 aromatic heterocycles. The quantitative estimate of drug-likeness (QED) is 0.199. The maximum atomic E-state index is 11.4. The van der Waals surface area contributed by atoms with Crippen LogP contribution in [0.4, 0.5) is 0 Å². The minimum absolute atomic E-state index is 0.0618. The molecule has 224 valence electrons. The second-order valence-corrected chi connectivity index (χ2v) is 50.6. The number of halogens is 8. The predicted octanol–water partition coefficient (Wildman–Crippen LogP) is 3.75. The van der Waals surface area contributed by atoms with E-state index < -0.39 is 54.9 Å². The summed E-state index contributed by atoms with van der Waals surface area (Å²) in [6.07, 6.45) is 0. The average Bonchev–Trinajstić information content (AvgIpc) is 2.78. The Labute approximate surface area is 256 Å². The molecule has 1 fully saturated rings. The van der Waals surface area contributed by atoms with E-state index in [2.05, 4.69) is 18.9 Å². The van der Waals surface area contributed by atoms with Crippen LogP contribution in [0.1, 0.15) is 0 Å². The van der Waals surface area contributed by atoms with Crippen molar-refractivity contribution in [2.45, 2.75) is 0 Å². The Bertz CT molecular complexity index is 570. The zero-order chi connectivity index (χ0) is 29.5. The van der Waals surface area contributed by atoms with Crippen LogP contribution in [0.3, 0.4) is 0 Å². The van der Waals surface area contributed by atoms with E-state index in [1.807, 2.05) is 0 Å². The fraction of sp³-hybridized carbons (Fsp3) is 0.750. The Hall–Kier alpha value is 1.81. The molecule has 0 atom stereocenters. The second-order valence-electron chi connectivity index (χ2n) is 5.85. The first kappa shape index (κ1) is 41.9. The second kappa shape index (κ2) is 26.4. The number of carbonyl (C=O) groups excluding carboxylic acids is 4. The van der Waals surface area contributed by atoms with Crippen LogP contribution in [0.15, 0.2) is 0 Å². The summed E-state index contributed by atoms with van der Waals surface area (Å²) in [6.45, 7) is 0.512. The minimum atomic E-state index is -3.29. The molecule has 0 aromatic rings. The number of ether oxygens (including phenoxy) is 8. The Morgan fingerprint density at radius 3 is 0.632 bits per heavy atom. The molecular weight excluding hydrogens is 850 g/mol. The predicted molar refractivity (Wildman–Crippen MR) is 134 cm³/mol. The van der Waals surface area contributed by atoms with Gasteiger partial charge >= 0.3 is 123 Å². The van der Waals surface area contributed by atoms with E-state index in [0.29, 0.717) is 0 Å². The molecule has 1 heterocycles. The number of esters is 4. The van der Waals surface area contributed by atoms with E-state index in [1.54, 1.807) is 0 Å². The monoisotopic (exact) mass is 868 g/mol. The van der Waals surface area contributed by atoms with Crippen LogP contribution in [0, 0.1) is 0 Å². The van der Waals surface area contributed by atoms with Crippen molar-refractivity contribution in [3.8, 4) is 0 Å². The summed E-state index contributed by atoms with van der Waals surface area (Å²) < 4.78 is 39.2. The third-order valence-electron chi connectivity index (χ3n) is 2.92. The molecule has 0 amide bonds. The zero-order valence-electron chi connectivity index (χ0n) is 19.4. The molecule has 0 saturated carbocycles. The SMILES string of the molecule is O=C1OCCOCCOCCOC(=O)C(=O)OCCOCCOCCOC1=O.[Cl][Zr]([Cl])([Cl])[Cl].[Cl][Zr]([Cl])([Cl])[Cl]. The first-order valence-corrected chi connectivity index (χ1v) is 35.4. The number of hydrogen-bond acceptors (Lipinski definition) is 12. The van der Waals surface area contributed by atoms with Crippen molar-refractivity contribution in [3.63, 3.8) is 0 Å². The summed E-state index contributed by atoms with van der Waals surface area (Å²) in [6, 6.07) is 0. The van der Waals surface area contributed by atoms with Gasteiger partial charge in [0.05, 0.1) is 52.9 Å². The summed E-state index contributed by atoms with van der Waals surface area (Å²) in [5.74, 6) is -4.47.